The van der Waals surface area contributed by atoms with Gasteiger partial charge in [0.05, 0.1) is 5.41 Å². The van der Waals surface area contributed by atoms with Crippen molar-refractivity contribution in [2.75, 3.05) is 26.2 Å². The summed E-state index contributed by atoms with van der Waals surface area (Å²) in [5.74, 6) is 1.26. The predicted octanol–water partition coefficient (Wildman–Crippen LogP) is 3.09. The summed E-state index contributed by atoms with van der Waals surface area (Å²) in [4.78, 5) is 21.9. The van der Waals surface area contributed by atoms with Crippen LogP contribution in [0.4, 0.5) is 0 Å². The van der Waals surface area contributed by atoms with E-state index in [1.807, 2.05) is 12.4 Å². The summed E-state index contributed by atoms with van der Waals surface area (Å²) in [5.41, 5.74) is 1.28. The topological polar surface area (TPSA) is 36.4 Å². The van der Waals surface area contributed by atoms with Crippen LogP contribution in [0, 0.1) is 11.3 Å². The lowest BCUT2D eigenvalue weighted by Gasteiger charge is -2.32. The third-order valence-electron chi connectivity index (χ3n) is 6.50. The Morgan fingerprint density at radius 3 is 2.58 bits per heavy atom. The average molecular weight is 327 g/mol. The molecule has 0 N–H and O–H groups in total. The smallest absolute Gasteiger partial charge is 0.228 e. The number of likely N-dealkylation sites (tertiary alicyclic amines) is 2. The number of hydrogen-bond acceptors (Lipinski definition) is 3. The van der Waals surface area contributed by atoms with Crippen molar-refractivity contribution in [3.05, 3.63) is 30.1 Å². The maximum Gasteiger partial charge on any atom is 0.228 e. The van der Waals surface area contributed by atoms with E-state index in [0.717, 1.165) is 64.3 Å². The molecule has 0 radical (unpaired) electrons. The average Bonchev–Trinajstić information content (AvgIpc) is 2.73. The SMILES string of the molecule is O=C1N(CC2CCC2)CC[C@]12CCCN(Cc1ccncc1)CC2. The van der Waals surface area contributed by atoms with Gasteiger partial charge in [0, 0.05) is 32.0 Å². The van der Waals surface area contributed by atoms with Crippen LogP contribution >= 0.6 is 0 Å². The van der Waals surface area contributed by atoms with Crippen molar-refractivity contribution in [3.63, 3.8) is 0 Å². The minimum absolute atomic E-state index is 0.0449. The van der Waals surface area contributed by atoms with Crippen LogP contribution in [0.2, 0.25) is 0 Å². The van der Waals surface area contributed by atoms with Crippen molar-refractivity contribution in [2.45, 2.75) is 51.5 Å². The summed E-state index contributed by atoms with van der Waals surface area (Å²) < 4.78 is 0. The number of pyridine rings is 1. The first-order chi connectivity index (χ1) is 11.8. The van der Waals surface area contributed by atoms with Crippen LogP contribution in [0.1, 0.15) is 50.5 Å². The molecule has 4 heteroatoms. The van der Waals surface area contributed by atoms with Crippen molar-refractivity contribution in [1.82, 2.24) is 14.8 Å². The van der Waals surface area contributed by atoms with Crippen LogP contribution in [0.15, 0.2) is 24.5 Å². The number of hydrogen-bond donors (Lipinski definition) is 0. The number of carbonyl (C=O) groups is 1. The van der Waals surface area contributed by atoms with Crippen LogP contribution in [0.5, 0.6) is 0 Å². The molecule has 1 saturated carbocycles. The molecule has 24 heavy (non-hydrogen) atoms. The van der Waals surface area contributed by atoms with E-state index in [1.165, 1.54) is 24.8 Å². The first-order valence-corrected chi connectivity index (χ1v) is 9.66. The van der Waals surface area contributed by atoms with Gasteiger partial charge in [-0.15, -0.1) is 0 Å². The van der Waals surface area contributed by atoms with Crippen molar-refractivity contribution >= 4 is 5.91 Å². The van der Waals surface area contributed by atoms with Gasteiger partial charge in [-0.1, -0.05) is 6.42 Å². The molecule has 2 aliphatic heterocycles. The van der Waals surface area contributed by atoms with Gasteiger partial charge in [-0.05, 0) is 75.2 Å². The van der Waals surface area contributed by atoms with E-state index in [9.17, 15) is 4.79 Å². The molecule has 1 aromatic rings. The molecule has 0 unspecified atom stereocenters. The van der Waals surface area contributed by atoms with E-state index < -0.39 is 0 Å². The van der Waals surface area contributed by atoms with Crippen molar-refractivity contribution in [3.8, 4) is 0 Å². The Kier molecular flexibility index (Phi) is 4.57. The summed E-state index contributed by atoms with van der Waals surface area (Å²) >= 11 is 0. The van der Waals surface area contributed by atoms with E-state index in [1.54, 1.807) is 0 Å². The minimum atomic E-state index is -0.0449. The van der Waals surface area contributed by atoms with Crippen LogP contribution in [0.3, 0.4) is 0 Å². The summed E-state index contributed by atoms with van der Waals surface area (Å²) in [6, 6.07) is 4.20. The Bertz CT molecular complexity index is 572. The third kappa shape index (κ3) is 3.21. The lowest BCUT2D eigenvalue weighted by Crippen LogP contribution is -2.39. The Morgan fingerprint density at radius 2 is 1.83 bits per heavy atom. The van der Waals surface area contributed by atoms with Gasteiger partial charge in [-0.3, -0.25) is 14.7 Å². The van der Waals surface area contributed by atoms with Gasteiger partial charge in [-0.2, -0.15) is 0 Å². The molecule has 3 fully saturated rings. The Balaban J connectivity index is 1.36. The first kappa shape index (κ1) is 16.1. The van der Waals surface area contributed by atoms with E-state index in [0.29, 0.717) is 5.91 Å². The van der Waals surface area contributed by atoms with Crippen molar-refractivity contribution < 1.29 is 4.79 Å². The second kappa shape index (κ2) is 6.83. The van der Waals surface area contributed by atoms with E-state index in [4.69, 9.17) is 0 Å². The lowest BCUT2D eigenvalue weighted by molar-refractivity contribution is -0.137. The molecule has 0 bridgehead atoms. The van der Waals surface area contributed by atoms with Crippen molar-refractivity contribution in [1.29, 1.82) is 0 Å². The fourth-order valence-corrected chi connectivity index (χ4v) is 4.67. The van der Waals surface area contributed by atoms with Gasteiger partial charge in [0.15, 0.2) is 0 Å². The van der Waals surface area contributed by atoms with Crippen LogP contribution in [-0.2, 0) is 11.3 Å². The largest absolute Gasteiger partial charge is 0.342 e. The number of amides is 1. The molecule has 0 aromatic carbocycles. The summed E-state index contributed by atoms with van der Waals surface area (Å²) in [6.07, 6.45) is 12.1. The first-order valence-electron chi connectivity index (χ1n) is 9.66. The molecule has 4 nitrogen and oxygen atoms in total. The number of rotatable bonds is 4. The van der Waals surface area contributed by atoms with Gasteiger partial charge in [0.25, 0.3) is 0 Å². The zero-order chi connectivity index (χ0) is 16.4. The molecule has 1 aromatic heterocycles. The van der Waals surface area contributed by atoms with Gasteiger partial charge in [0.2, 0.25) is 5.91 Å². The highest BCUT2D eigenvalue weighted by Gasteiger charge is 2.47. The van der Waals surface area contributed by atoms with E-state index >= 15 is 0 Å². The monoisotopic (exact) mass is 327 g/mol. The molecular weight excluding hydrogens is 298 g/mol. The highest BCUT2D eigenvalue weighted by Crippen LogP contribution is 2.42. The zero-order valence-corrected chi connectivity index (χ0v) is 14.6. The Hall–Kier alpha value is -1.42. The van der Waals surface area contributed by atoms with E-state index in [2.05, 4.69) is 26.9 Å². The highest BCUT2D eigenvalue weighted by molar-refractivity contribution is 5.84. The van der Waals surface area contributed by atoms with Gasteiger partial charge < -0.3 is 4.90 Å². The molecule has 2 saturated heterocycles. The molecule has 1 amide bonds. The van der Waals surface area contributed by atoms with Crippen LogP contribution in [-0.4, -0.2) is 46.9 Å². The van der Waals surface area contributed by atoms with Gasteiger partial charge in [-0.25, -0.2) is 0 Å². The molecule has 1 aliphatic carbocycles. The predicted molar refractivity (Wildman–Crippen MR) is 94.3 cm³/mol. The van der Waals surface area contributed by atoms with Crippen LogP contribution in [0.25, 0.3) is 0 Å². The summed E-state index contributed by atoms with van der Waals surface area (Å²) in [5, 5.41) is 0. The second-order valence-electron chi connectivity index (χ2n) is 8.06. The van der Waals surface area contributed by atoms with E-state index in [-0.39, 0.29) is 5.41 Å². The minimum Gasteiger partial charge on any atom is -0.342 e. The quantitative estimate of drug-likeness (QED) is 0.853. The maximum atomic E-state index is 13.1. The van der Waals surface area contributed by atoms with Gasteiger partial charge in [0.1, 0.15) is 0 Å². The molecular formula is C20H29N3O. The fraction of sp³-hybridized carbons (Fsp3) is 0.700. The summed E-state index contributed by atoms with van der Waals surface area (Å²) in [6.45, 7) is 5.17. The molecule has 4 rings (SSSR count). The van der Waals surface area contributed by atoms with Crippen LogP contribution < -0.4 is 0 Å². The second-order valence-corrected chi connectivity index (χ2v) is 8.06. The normalized spacial score (nSPS) is 29.0. The number of carbonyl (C=O) groups excluding carboxylic acids is 1. The standard InChI is InChI=1S/C20H29N3O/c24-19-20(9-14-23(19)16-17-3-1-4-17)7-2-12-22(13-8-20)15-18-5-10-21-11-6-18/h5-6,10-11,17H,1-4,7-9,12-16H2/t20-/m1/s1. The summed E-state index contributed by atoms with van der Waals surface area (Å²) in [7, 11) is 0. The molecule has 1 atom stereocenters. The number of aromatic nitrogens is 1. The fourth-order valence-electron chi connectivity index (χ4n) is 4.67. The lowest BCUT2D eigenvalue weighted by atomic mass is 9.79. The molecule has 3 heterocycles. The molecule has 130 valence electrons. The maximum absolute atomic E-state index is 13.1. The number of nitrogens with zero attached hydrogens (tertiary/aromatic N) is 3. The molecule has 1 spiro atoms. The Morgan fingerprint density at radius 1 is 1.04 bits per heavy atom. The highest BCUT2D eigenvalue weighted by atomic mass is 16.2. The molecule has 3 aliphatic rings. The van der Waals surface area contributed by atoms with Crippen molar-refractivity contribution in [2.24, 2.45) is 11.3 Å². The Labute approximate surface area is 145 Å². The third-order valence-corrected chi connectivity index (χ3v) is 6.50. The van der Waals surface area contributed by atoms with Gasteiger partial charge >= 0.3 is 0 Å². The zero-order valence-electron chi connectivity index (χ0n) is 14.6.